The molecule has 1 aromatic heterocycles. The van der Waals surface area contributed by atoms with Gasteiger partial charge >= 0.3 is 0 Å². The summed E-state index contributed by atoms with van der Waals surface area (Å²) >= 11 is 0. The number of nitrogen functional groups attached to an aromatic ring is 1. The van der Waals surface area contributed by atoms with Crippen LogP contribution < -0.4 is 16.2 Å². The maximum Gasteiger partial charge on any atom is 0.145 e. The van der Waals surface area contributed by atoms with Gasteiger partial charge in [0.15, 0.2) is 0 Å². The Hall–Kier alpha value is -1.40. The highest BCUT2D eigenvalue weighted by atomic mass is 15.3. The normalized spacial score (nSPS) is 18.5. The molecule has 1 aliphatic rings. The first kappa shape index (κ1) is 16.0. The Kier molecular flexibility index (Phi) is 5.76. The predicted octanol–water partition coefficient (Wildman–Crippen LogP) is 1.64. The van der Waals surface area contributed by atoms with Crippen LogP contribution in [0.15, 0.2) is 6.07 Å². The fourth-order valence-corrected chi connectivity index (χ4v) is 3.04. The van der Waals surface area contributed by atoms with E-state index in [0.29, 0.717) is 11.9 Å². The minimum atomic E-state index is 0.624. The first-order chi connectivity index (χ1) is 10.2. The lowest BCUT2D eigenvalue weighted by Crippen LogP contribution is -2.37. The van der Waals surface area contributed by atoms with Crippen molar-refractivity contribution in [3.63, 3.8) is 0 Å². The summed E-state index contributed by atoms with van der Waals surface area (Å²) in [5, 5.41) is 0. The third-order valence-electron chi connectivity index (χ3n) is 4.20. The van der Waals surface area contributed by atoms with Crippen molar-refractivity contribution >= 4 is 11.6 Å². The minimum absolute atomic E-state index is 0.624. The molecule has 118 valence electrons. The number of aromatic nitrogens is 2. The third-order valence-corrected chi connectivity index (χ3v) is 4.20. The summed E-state index contributed by atoms with van der Waals surface area (Å²) in [6.07, 6.45) is 3.12. The second-order valence-electron chi connectivity index (χ2n) is 5.53. The van der Waals surface area contributed by atoms with Gasteiger partial charge in [0, 0.05) is 31.6 Å². The second-order valence-corrected chi connectivity index (χ2v) is 5.53. The zero-order chi connectivity index (χ0) is 15.2. The SMILES string of the molecule is CCCc1nc(NN)cc(N2CCC(N(CC)CC)C2)n1. The molecule has 6 heteroatoms. The Labute approximate surface area is 127 Å². The average Bonchev–Trinajstić information content (AvgIpc) is 2.98. The standard InChI is InChI=1S/C15H28N6/c1-4-7-13-17-14(19-16)10-15(18-13)21-9-8-12(11-21)20(5-2)6-3/h10,12H,4-9,11,16H2,1-3H3,(H,17,18,19). The zero-order valence-electron chi connectivity index (χ0n) is 13.5. The first-order valence-corrected chi connectivity index (χ1v) is 8.05. The summed E-state index contributed by atoms with van der Waals surface area (Å²) in [7, 11) is 0. The Morgan fingerprint density at radius 2 is 2.10 bits per heavy atom. The van der Waals surface area contributed by atoms with E-state index in [-0.39, 0.29) is 0 Å². The van der Waals surface area contributed by atoms with E-state index in [9.17, 15) is 0 Å². The number of hydrazine groups is 1. The van der Waals surface area contributed by atoms with Crippen molar-refractivity contribution in [1.29, 1.82) is 0 Å². The molecular weight excluding hydrogens is 264 g/mol. The summed E-state index contributed by atoms with van der Waals surface area (Å²) in [4.78, 5) is 14.0. The van der Waals surface area contributed by atoms with Gasteiger partial charge in [-0.25, -0.2) is 15.8 Å². The monoisotopic (exact) mass is 292 g/mol. The van der Waals surface area contributed by atoms with Crippen molar-refractivity contribution in [2.24, 2.45) is 5.84 Å². The molecule has 0 amide bonds. The molecule has 3 N–H and O–H groups in total. The molecule has 2 heterocycles. The van der Waals surface area contributed by atoms with Gasteiger partial charge < -0.3 is 10.3 Å². The van der Waals surface area contributed by atoms with Gasteiger partial charge in [-0.3, -0.25) is 4.90 Å². The van der Waals surface area contributed by atoms with Gasteiger partial charge in [0.2, 0.25) is 0 Å². The van der Waals surface area contributed by atoms with Crippen molar-refractivity contribution in [2.45, 2.75) is 46.1 Å². The van der Waals surface area contributed by atoms with E-state index in [2.05, 4.69) is 41.0 Å². The smallest absolute Gasteiger partial charge is 0.145 e. The van der Waals surface area contributed by atoms with E-state index < -0.39 is 0 Å². The largest absolute Gasteiger partial charge is 0.355 e. The molecule has 6 nitrogen and oxygen atoms in total. The van der Waals surface area contributed by atoms with Gasteiger partial charge in [0.1, 0.15) is 17.5 Å². The minimum Gasteiger partial charge on any atom is -0.355 e. The lowest BCUT2D eigenvalue weighted by Gasteiger charge is -2.26. The summed E-state index contributed by atoms with van der Waals surface area (Å²) in [6.45, 7) is 10.9. The molecule has 0 radical (unpaired) electrons. The van der Waals surface area contributed by atoms with Crippen LogP contribution >= 0.6 is 0 Å². The number of nitrogens with one attached hydrogen (secondary N) is 1. The van der Waals surface area contributed by atoms with Crippen LogP contribution in [-0.2, 0) is 6.42 Å². The van der Waals surface area contributed by atoms with Crippen LogP contribution in [-0.4, -0.2) is 47.1 Å². The summed E-state index contributed by atoms with van der Waals surface area (Å²) in [6, 6.07) is 2.57. The Bertz CT molecular complexity index is 446. The van der Waals surface area contributed by atoms with Gasteiger partial charge in [-0.1, -0.05) is 20.8 Å². The molecule has 1 aliphatic heterocycles. The highest BCUT2D eigenvalue weighted by Gasteiger charge is 2.27. The van der Waals surface area contributed by atoms with E-state index in [1.165, 1.54) is 6.42 Å². The van der Waals surface area contributed by atoms with Crippen molar-refractivity contribution in [1.82, 2.24) is 14.9 Å². The van der Waals surface area contributed by atoms with Gasteiger partial charge in [-0.05, 0) is 25.9 Å². The molecule has 0 spiro atoms. The molecule has 1 unspecified atom stereocenters. The van der Waals surface area contributed by atoms with Gasteiger partial charge in [-0.2, -0.15) is 0 Å². The average molecular weight is 292 g/mol. The molecule has 1 aromatic rings. The number of nitrogens with two attached hydrogens (primary N) is 1. The number of nitrogens with zero attached hydrogens (tertiary/aromatic N) is 4. The number of hydrogen-bond acceptors (Lipinski definition) is 6. The van der Waals surface area contributed by atoms with Crippen LogP contribution in [0.2, 0.25) is 0 Å². The molecule has 0 aliphatic carbocycles. The van der Waals surface area contributed by atoms with E-state index in [0.717, 1.165) is 50.7 Å². The maximum atomic E-state index is 5.53. The van der Waals surface area contributed by atoms with Crippen LogP contribution in [0, 0.1) is 0 Å². The molecule has 21 heavy (non-hydrogen) atoms. The van der Waals surface area contributed by atoms with Crippen LogP contribution in [0.3, 0.4) is 0 Å². The van der Waals surface area contributed by atoms with Gasteiger partial charge in [0.05, 0.1) is 0 Å². The van der Waals surface area contributed by atoms with Crippen molar-refractivity contribution in [2.75, 3.05) is 36.5 Å². The lowest BCUT2D eigenvalue weighted by molar-refractivity contribution is 0.232. The molecule has 0 saturated carbocycles. The maximum absolute atomic E-state index is 5.53. The highest BCUT2D eigenvalue weighted by molar-refractivity contribution is 5.49. The fourth-order valence-electron chi connectivity index (χ4n) is 3.04. The molecule has 1 saturated heterocycles. The molecule has 1 atom stereocenters. The molecular formula is C15H28N6. The quantitative estimate of drug-likeness (QED) is 0.588. The van der Waals surface area contributed by atoms with Crippen molar-refractivity contribution in [3.05, 3.63) is 11.9 Å². The molecule has 0 aromatic carbocycles. The number of likely N-dealkylation sites (N-methyl/N-ethyl adjacent to an activating group) is 1. The van der Waals surface area contributed by atoms with E-state index >= 15 is 0 Å². The van der Waals surface area contributed by atoms with E-state index in [1.807, 2.05) is 6.07 Å². The van der Waals surface area contributed by atoms with E-state index in [4.69, 9.17) is 10.8 Å². The highest BCUT2D eigenvalue weighted by Crippen LogP contribution is 2.23. The predicted molar refractivity (Wildman–Crippen MR) is 87.4 cm³/mol. The fraction of sp³-hybridized carbons (Fsp3) is 0.733. The number of aryl methyl sites for hydroxylation is 1. The topological polar surface area (TPSA) is 70.3 Å². The van der Waals surface area contributed by atoms with Crippen LogP contribution in [0.4, 0.5) is 11.6 Å². The lowest BCUT2D eigenvalue weighted by atomic mass is 10.2. The third kappa shape index (κ3) is 3.83. The van der Waals surface area contributed by atoms with E-state index in [1.54, 1.807) is 0 Å². The summed E-state index contributed by atoms with van der Waals surface area (Å²) < 4.78 is 0. The zero-order valence-corrected chi connectivity index (χ0v) is 13.5. The number of anilines is 2. The summed E-state index contributed by atoms with van der Waals surface area (Å²) in [5.41, 5.74) is 2.66. The number of rotatable bonds is 7. The Balaban J connectivity index is 2.13. The number of hydrogen-bond donors (Lipinski definition) is 2. The first-order valence-electron chi connectivity index (χ1n) is 8.05. The Morgan fingerprint density at radius 3 is 2.71 bits per heavy atom. The molecule has 0 bridgehead atoms. The second kappa shape index (κ2) is 7.56. The molecule has 1 fully saturated rings. The Morgan fingerprint density at radius 1 is 1.33 bits per heavy atom. The van der Waals surface area contributed by atoms with Gasteiger partial charge in [-0.15, -0.1) is 0 Å². The van der Waals surface area contributed by atoms with Crippen LogP contribution in [0.25, 0.3) is 0 Å². The molecule has 2 rings (SSSR count). The van der Waals surface area contributed by atoms with Crippen molar-refractivity contribution in [3.8, 4) is 0 Å². The van der Waals surface area contributed by atoms with Crippen molar-refractivity contribution < 1.29 is 0 Å². The van der Waals surface area contributed by atoms with Crippen LogP contribution in [0.5, 0.6) is 0 Å². The summed E-state index contributed by atoms with van der Waals surface area (Å²) in [5.74, 6) is 8.10. The van der Waals surface area contributed by atoms with Crippen LogP contribution in [0.1, 0.15) is 39.4 Å². The van der Waals surface area contributed by atoms with Gasteiger partial charge in [0.25, 0.3) is 0 Å².